The second kappa shape index (κ2) is 6.63. The van der Waals surface area contributed by atoms with Gasteiger partial charge in [-0.25, -0.2) is 4.79 Å². The van der Waals surface area contributed by atoms with Crippen molar-refractivity contribution in [3.05, 3.63) is 23.8 Å². The predicted octanol–water partition coefficient (Wildman–Crippen LogP) is 1.01. The van der Waals surface area contributed by atoms with Crippen LogP contribution in [0.15, 0.2) is 18.2 Å². The molecule has 4 N–H and O–H groups in total. The Hall–Kier alpha value is -2.24. The fraction of sp³-hybridized carbons (Fsp3) is 0.385. The van der Waals surface area contributed by atoms with E-state index in [1.54, 1.807) is 0 Å². The van der Waals surface area contributed by atoms with Gasteiger partial charge in [0, 0.05) is 12.8 Å². The van der Waals surface area contributed by atoms with Gasteiger partial charge in [-0.1, -0.05) is 13.0 Å². The van der Waals surface area contributed by atoms with Crippen molar-refractivity contribution in [2.75, 3.05) is 0 Å². The van der Waals surface area contributed by atoms with E-state index in [-0.39, 0.29) is 30.2 Å². The SMILES string of the molecule is CCCC(=O)N[C@@H](Cc1ccc(O)c(O)c1)C(=O)O. The second-order valence-electron chi connectivity index (χ2n) is 4.24. The number of aromatic hydroxyl groups is 2. The molecule has 1 aromatic carbocycles. The normalized spacial score (nSPS) is 11.8. The lowest BCUT2D eigenvalue weighted by molar-refractivity contribution is -0.141. The molecule has 104 valence electrons. The predicted molar refractivity (Wildman–Crippen MR) is 68.0 cm³/mol. The number of nitrogens with one attached hydrogen (secondary N) is 1. The van der Waals surface area contributed by atoms with Gasteiger partial charge in [0.1, 0.15) is 6.04 Å². The van der Waals surface area contributed by atoms with Crippen molar-refractivity contribution in [1.82, 2.24) is 5.32 Å². The Bertz CT molecular complexity index is 472. The number of aliphatic carboxylic acids is 1. The minimum atomic E-state index is -1.14. The number of rotatable bonds is 6. The number of carboxylic acids is 1. The van der Waals surface area contributed by atoms with Gasteiger partial charge < -0.3 is 20.6 Å². The zero-order chi connectivity index (χ0) is 14.4. The zero-order valence-corrected chi connectivity index (χ0v) is 10.6. The number of phenols is 2. The van der Waals surface area contributed by atoms with Crippen LogP contribution in [-0.4, -0.2) is 33.2 Å². The third-order valence-corrected chi connectivity index (χ3v) is 2.59. The number of hydrogen-bond donors (Lipinski definition) is 4. The van der Waals surface area contributed by atoms with Crippen LogP contribution in [0.3, 0.4) is 0 Å². The van der Waals surface area contributed by atoms with Crippen molar-refractivity contribution in [2.24, 2.45) is 0 Å². The molecule has 1 aromatic rings. The van der Waals surface area contributed by atoms with Gasteiger partial charge in [0.25, 0.3) is 0 Å². The van der Waals surface area contributed by atoms with E-state index in [1.165, 1.54) is 18.2 Å². The molecule has 0 bridgehead atoms. The minimum Gasteiger partial charge on any atom is -0.504 e. The van der Waals surface area contributed by atoms with E-state index in [0.29, 0.717) is 12.0 Å². The second-order valence-corrected chi connectivity index (χ2v) is 4.24. The Labute approximate surface area is 110 Å². The summed E-state index contributed by atoms with van der Waals surface area (Å²) in [7, 11) is 0. The Morgan fingerprint density at radius 2 is 1.95 bits per heavy atom. The average molecular weight is 267 g/mol. The minimum absolute atomic E-state index is 0.0403. The van der Waals surface area contributed by atoms with Gasteiger partial charge in [0.2, 0.25) is 5.91 Å². The molecule has 19 heavy (non-hydrogen) atoms. The van der Waals surface area contributed by atoms with Crippen LogP contribution in [-0.2, 0) is 16.0 Å². The summed E-state index contributed by atoms with van der Waals surface area (Å²) in [6.07, 6.45) is 0.946. The summed E-state index contributed by atoms with van der Waals surface area (Å²) in [5.74, 6) is -2.05. The van der Waals surface area contributed by atoms with Crippen LogP contribution in [0, 0.1) is 0 Å². The zero-order valence-electron chi connectivity index (χ0n) is 10.6. The Morgan fingerprint density at radius 3 is 2.47 bits per heavy atom. The van der Waals surface area contributed by atoms with Crippen molar-refractivity contribution in [1.29, 1.82) is 0 Å². The number of carbonyl (C=O) groups excluding carboxylic acids is 1. The van der Waals surface area contributed by atoms with E-state index in [0.717, 1.165) is 0 Å². The van der Waals surface area contributed by atoms with Crippen LogP contribution < -0.4 is 5.32 Å². The Balaban J connectivity index is 2.75. The highest BCUT2D eigenvalue weighted by atomic mass is 16.4. The molecule has 0 unspecified atom stereocenters. The molecule has 0 saturated carbocycles. The summed E-state index contributed by atoms with van der Waals surface area (Å²) in [6, 6.07) is 2.99. The van der Waals surface area contributed by atoms with Gasteiger partial charge in [-0.3, -0.25) is 4.79 Å². The fourth-order valence-corrected chi connectivity index (χ4v) is 1.63. The number of amides is 1. The molecule has 0 aliphatic rings. The monoisotopic (exact) mass is 267 g/mol. The van der Waals surface area contributed by atoms with Crippen LogP contribution in [0.25, 0.3) is 0 Å². The average Bonchev–Trinajstić information content (AvgIpc) is 2.33. The van der Waals surface area contributed by atoms with E-state index < -0.39 is 12.0 Å². The van der Waals surface area contributed by atoms with E-state index in [9.17, 15) is 14.7 Å². The number of hydrogen-bond acceptors (Lipinski definition) is 4. The molecule has 0 spiro atoms. The first kappa shape index (κ1) is 14.8. The van der Waals surface area contributed by atoms with E-state index in [1.807, 2.05) is 6.92 Å². The van der Waals surface area contributed by atoms with Gasteiger partial charge in [-0.2, -0.15) is 0 Å². The highest BCUT2D eigenvalue weighted by molar-refractivity contribution is 5.83. The highest BCUT2D eigenvalue weighted by Gasteiger charge is 2.20. The third kappa shape index (κ3) is 4.50. The van der Waals surface area contributed by atoms with Crippen molar-refractivity contribution < 1.29 is 24.9 Å². The van der Waals surface area contributed by atoms with Crippen molar-refractivity contribution in [3.63, 3.8) is 0 Å². The van der Waals surface area contributed by atoms with Gasteiger partial charge in [-0.05, 0) is 24.1 Å². The highest BCUT2D eigenvalue weighted by Crippen LogP contribution is 2.25. The first-order valence-electron chi connectivity index (χ1n) is 5.97. The topological polar surface area (TPSA) is 107 Å². The lowest BCUT2D eigenvalue weighted by atomic mass is 10.0. The molecule has 6 heteroatoms. The van der Waals surface area contributed by atoms with Crippen LogP contribution in [0.5, 0.6) is 11.5 Å². The van der Waals surface area contributed by atoms with Crippen LogP contribution >= 0.6 is 0 Å². The molecule has 0 fully saturated rings. The van der Waals surface area contributed by atoms with Crippen molar-refractivity contribution in [2.45, 2.75) is 32.2 Å². The molecule has 1 atom stereocenters. The maximum atomic E-state index is 11.4. The quantitative estimate of drug-likeness (QED) is 0.575. The number of carboxylic acid groups (broad SMARTS) is 1. The molecular formula is C13H17NO5. The van der Waals surface area contributed by atoms with Gasteiger partial charge in [-0.15, -0.1) is 0 Å². The van der Waals surface area contributed by atoms with Crippen molar-refractivity contribution in [3.8, 4) is 11.5 Å². The number of phenolic OH excluding ortho intramolecular Hbond substituents is 2. The summed E-state index contributed by atoms with van der Waals surface area (Å²) in [5, 5.41) is 30.0. The molecule has 0 radical (unpaired) electrons. The number of benzene rings is 1. The Morgan fingerprint density at radius 1 is 1.26 bits per heavy atom. The van der Waals surface area contributed by atoms with Gasteiger partial charge >= 0.3 is 5.97 Å². The Kier molecular flexibility index (Phi) is 5.17. The summed E-state index contributed by atoms with van der Waals surface area (Å²) >= 11 is 0. The molecule has 0 aromatic heterocycles. The van der Waals surface area contributed by atoms with Gasteiger partial charge in [0.15, 0.2) is 11.5 Å². The first-order valence-corrected chi connectivity index (χ1v) is 5.97. The lowest BCUT2D eigenvalue weighted by Crippen LogP contribution is -2.42. The summed E-state index contributed by atoms with van der Waals surface area (Å²) < 4.78 is 0. The first-order chi connectivity index (χ1) is 8.93. The summed E-state index contributed by atoms with van der Waals surface area (Å²) in [6.45, 7) is 1.83. The molecule has 0 aliphatic heterocycles. The van der Waals surface area contributed by atoms with E-state index >= 15 is 0 Å². The maximum absolute atomic E-state index is 11.4. The molecule has 1 rings (SSSR count). The smallest absolute Gasteiger partial charge is 0.326 e. The van der Waals surface area contributed by atoms with E-state index in [4.69, 9.17) is 10.2 Å². The van der Waals surface area contributed by atoms with Crippen LogP contribution in [0.1, 0.15) is 25.3 Å². The standard InChI is InChI=1S/C13H17NO5/c1-2-3-12(17)14-9(13(18)19)6-8-4-5-10(15)11(16)7-8/h4-5,7,9,15-16H,2-3,6H2,1H3,(H,14,17)(H,18,19)/t9-/m0/s1. The molecule has 0 saturated heterocycles. The molecule has 6 nitrogen and oxygen atoms in total. The molecule has 0 heterocycles. The maximum Gasteiger partial charge on any atom is 0.326 e. The molecule has 1 amide bonds. The van der Waals surface area contributed by atoms with Crippen LogP contribution in [0.4, 0.5) is 0 Å². The van der Waals surface area contributed by atoms with Gasteiger partial charge in [0.05, 0.1) is 0 Å². The lowest BCUT2D eigenvalue weighted by Gasteiger charge is -2.14. The van der Waals surface area contributed by atoms with E-state index in [2.05, 4.69) is 5.32 Å². The fourth-order valence-electron chi connectivity index (χ4n) is 1.63. The summed E-state index contributed by atoms with van der Waals surface area (Å²) in [5.41, 5.74) is 0.513. The number of carbonyl (C=O) groups is 2. The largest absolute Gasteiger partial charge is 0.504 e. The van der Waals surface area contributed by atoms with Crippen molar-refractivity contribution >= 4 is 11.9 Å². The summed E-state index contributed by atoms with van der Waals surface area (Å²) in [4.78, 5) is 22.5. The molecular weight excluding hydrogens is 250 g/mol. The third-order valence-electron chi connectivity index (χ3n) is 2.59. The molecule has 0 aliphatic carbocycles. The van der Waals surface area contributed by atoms with Crippen LogP contribution in [0.2, 0.25) is 0 Å².